The normalized spacial score (nSPS) is 26.2. The summed E-state index contributed by atoms with van der Waals surface area (Å²) in [6.07, 6.45) is 5.08. The van der Waals surface area contributed by atoms with Crippen molar-refractivity contribution in [1.29, 1.82) is 0 Å². The Bertz CT molecular complexity index is 137. The summed E-state index contributed by atoms with van der Waals surface area (Å²) in [7, 11) is 0. The van der Waals surface area contributed by atoms with Crippen LogP contribution in [0.2, 0.25) is 0 Å². The van der Waals surface area contributed by atoms with Crippen LogP contribution in [0.1, 0.15) is 39.5 Å². The average Bonchev–Trinajstić information content (AvgIpc) is 2.79. The van der Waals surface area contributed by atoms with Crippen molar-refractivity contribution in [3.8, 4) is 0 Å². The summed E-state index contributed by atoms with van der Waals surface area (Å²) in [5, 5.41) is 10.4. The summed E-state index contributed by atoms with van der Waals surface area (Å²) in [6.45, 7) is 4.33. The Morgan fingerprint density at radius 1 is 1.09 bits per heavy atom. The van der Waals surface area contributed by atoms with E-state index in [1.807, 2.05) is 0 Å². The lowest BCUT2D eigenvalue weighted by Crippen LogP contribution is -2.39. The predicted octanol–water partition coefficient (Wildman–Crippen LogP) is 2.19. The molecule has 0 spiro atoms. The van der Waals surface area contributed by atoms with Gasteiger partial charge in [-0.25, -0.2) is 0 Å². The molecule has 0 amide bonds. The van der Waals surface area contributed by atoms with E-state index in [1.165, 1.54) is 25.7 Å². The molecule has 0 atom stereocenters. The molecule has 0 radical (unpaired) electrons. The van der Waals surface area contributed by atoms with Crippen molar-refractivity contribution in [2.75, 3.05) is 0 Å². The molecule has 0 saturated heterocycles. The van der Waals surface area contributed by atoms with Crippen molar-refractivity contribution >= 4 is 0 Å². The highest BCUT2D eigenvalue weighted by Crippen LogP contribution is 2.55. The summed E-state index contributed by atoms with van der Waals surface area (Å²) in [4.78, 5) is 0. The van der Waals surface area contributed by atoms with Crippen molar-refractivity contribution in [2.24, 2.45) is 17.8 Å². The Hall–Kier alpha value is -0.0400. The zero-order chi connectivity index (χ0) is 8.06. The van der Waals surface area contributed by atoms with E-state index < -0.39 is 0 Å². The molecule has 0 bridgehead atoms. The number of aliphatic hydroxyl groups is 1. The first-order valence-electron chi connectivity index (χ1n) is 4.88. The van der Waals surface area contributed by atoms with Gasteiger partial charge in [0.25, 0.3) is 0 Å². The Kier molecular flexibility index (Phi) is 1.54. The molecule has 1 N–H and O–H groups in total. The second-order valence-corrected chi connectivity index (χ2v) is 4.59. The van der Waals surface area contributed by atoms with Crippen LogP contribution in [0.3, 0.4) is 0 Å². The van der Waals surface area contributed by atoms with Crippen LogP contribution >= 0.6 is 0 Å². The van der Waals surface area contributed by atoms with Crippen LogP contribution in [0, 0.1) is 17.8 Å². The van der Waals surface area contributed by atoms with E-state index in [-0.39, 0.29) is 5.60 Å². The Morgan fingerprint density at radius 2 is 1.45 bits per heavy atom. The maximum atomic E-state index is 10.4. The second kappa shape index (κ2) is 2.22. The van der Waals surface area contributed by atoms with Gasteiger partial charge in [0.1, 0.15) is 0 Å². The summed E-state index contributed by atoms with van der Waals surface area (Å²) in [5.74, 6) is 1.76. The molecule has 0 aliphatic heterocycles. The van der Waals surface area contributed by atoms with Crippen LogP contribution in [0.4, 0.5) is 0 Å². The number of rotatable bonds is 3. The third kappa shape index (κ3) is 1.10. The molecular formula is C10H18O. The van der Waals surface area contributed by atoms with Crippen molar-refractivity contribution < 1.29 is 5.11 Å². The highest BCUT2D eigenvalue weighted by Gasteiger charge is 2.54. The molecule has 0 unspecified atom stereocenters. The molecule has 11 heavy (non-hydrogen) atoms. The van der Waals surface area contributed by atoms with Gasteiger partial charge in [-0.1, -0.05) is 13.8 Å². The monoisotopic (exact) mass is 154 g/mol. The topological polar surface area (TPSA) is 20.2 Å². The minimum absolute atomic E-state index is 0.278. The molecule has 2 aliphatic carbocycles. The Morgan fingerprint density at radius 3 is 1.64 bits per heavy atom. The van der Waals surface area contributed by atoms with E-state index >= 15 is 0 Å². The van der Waals surface area contributed by atoms with Crippen LogP contribution in [-0.2, 0) is 0 Å². The maximum absolute atomic E-state index is 10.4. The van der Waals surface area contributed by atoms with Crippen LogP contribution in [0.15, 0.2) is 0 Å². The van der Waals surface area contributed by atoms with Gasteiger partial charge in [0.05, 0.1) is 5.60 Å². The highest BCUT2D eigenvalue weighted by atomic mass is 16.3. The van der Waals surface area contributed by atoms with Crippen LogP contribution < -0.4 is 0 Å². The third-order valence-electron chi connectivity index (χ3n) is 3.39. The fraction of sp³-hybridized carbons (Fsp3) is 1.00. The lowest BCUT2D eigenvalue weighted by atomic mass is 9.81. The molecule has 0 aromatic heterocycles. The molecule has 2 aliphatic rings. The van der Waals surface area contributed by atoms with Gasteiger partial charge in [0.15, 0.2) is 0 Å². The fourth-order valence-electron chi connectivity index (χ4n) is 2.37. The van der Waals surface area contributed by atoms with Gasteiger partial charge in [0, 0.05) is 0 Å². The molecule has 2 fully saturated rings. The largest absolute Gasteiger partial charge is 0.389 e. The van der Waals surface area contributed by atoms with Crippen LogP contribution in [0.25, 0.3) is 0 Å². The third-order valence-corrected chi connectivity index (χ3v) is 3.39. The molecule has 2 saturated carbocycles. The fourth-order valence-corrected chi connectivity index (χ4v) is 2.37. The lowest BCUT2D eigenvalue weighted by Gasteiger charge is -2.32. The van der Waals surface area contributed by atoms with Gasteiger partial charge in [-0.05, 0) is 43.4 Å². The zero-order valence-electron chi connectivity index (χ0n) is 7.51. The molecule has 0 aromatic carbocycles. The van der Waals surface area contributed by atoms with Gasteiger partial charge >= 0.3 is 0 Å². The minimum Gasteiger partial charge on any atom is -0.389 e. The van der Waals surface area contributed by atoms with Gasteiger partial charge in [-0.2, -0.15) is 0 Å². The number of hydrogen-bond donors (Lipinski definition) is 1. The van der Waals surface area contributed by atoms with E-state index in [2.05, 4.69) is 13.8 Å². The molecule has 2 rings (SSSR count). The summed E-state index contributed by atoms with van der Waals surface area (Å²) in [5.41, 5.74) is -0.278. The van der Waals surface area contributed by atoms with Gasteiger partial charge < -0.3 is 5.11 Å². The van der Waals surface area contributed by atoms with E-state index in [0.29, 0.717) is 17.8 Å². The second-order valence-electron chi connectivity index (χ2n) is 4.59. The number of hydrogen-bond acceptors (Lipinski definition) is 1. The molecule has 0 heterocycles. The van der Waals surface area contributed by atoms with E-state index in [1.54, 1.807) is 0 Å². The van der Waals surface area contributed by atoms with Crippen LogP contribution in [0.5, 0.6) is 0 Å². The van der Waals surface area contributed by atoms with Gasteiger partial charge in [-0.15, -0.1) is 0 Å². The summed E-state index contributed by atoms with van der Waals surface area (Å²) >= 11 is 0. The zero-order valence-corrected chi connectivity index (χ0v) is 7.51. The Labute approximate surface area is 68.8 Å². The van der Waals surface area contributed by atoms with E-state index in [9.17, 15) is 5.11 Å². The first-order chi connectivity index (χ1) is 5.15. The molecular weight excluding hydrogens is 136 g/mol. The quantitative estimate of drug-likeness (QED) is 0.660. The SMILES string of the molecule is CC(C)C(O)(C1CC1)C1CC1. The first-order valence-corrected chi connectivity index (χ1v) is 4.88. The standard InChI is InChI=1S/C10H18O/c1-7(2)10(11,8-3-4-8)9-5-6-9/h7-9,11H,3-6H2,1-2H3. The van der Waals surface area contributed by atoms with E-state index in [0.717, 1.165) is 0 Å². The van der Waals surface area contributed by atoms with Crippen molar-refractivity contribution in [1.82, 2.24) is 0 Å². The molecule has 64 valence electrons. The minimum atomic E-state index is -0.278. The smallest absolute Gasteiger partial charge is 0.0726 e. The van der Waals surface area contributed by atoms with Gasteiger partial charge in [0.2, 0.25) is 0 Å². The molecule has 1 nitrogen and oxygen atoms in total. The first kappa shape index (κ1) is 7.60. The van der Waals surface area contributed by atoms with Crippen molar-refractivity contribution in [3.05, 3.63) is 0 Å². The van der Waals surface area contributed by atoms with Gasteiger partial charge in [-0.3, -0.25) is 0 Å². The van der Waals surface area contributed by atoms with E-state index in [4.69, 9.17) is 0 Å². The average molecular weight is 154 g/mol. The summed E-state index contributed by atoms with van der Waals surface area (Å²) in [6, 6.07) is 0. The predicted molar refractivity (Wildman–Crippen MR) is 45.2 cm³/mol. The molecule has 1 heteroatoms. The van der Waals surface area contributed by atoms with Crippen LogP contribution in [-0.4, -0.2) is 10.7 Å². The highest BCUT2D eigenvalue weighted by molar-refractivity contribution is 5.05. The maximum Gasteiger partial charge on any atom is 0.0726 e. The van der Waals surface area contributed by atoms with Crippen molar-refractivity contribution in [3.63, 3.8) is 0 Å². The van der Waals surface area contributed by atoms with Crippen molar-refractivity contribution in [2.45, 2.75) is 45.1 Å². The molecule has 0 aromatic rings. The Balaban J connectivity index is 2.10. The lowest BCUT2D eigenvalue weighted by molar-refractivity contribution is -0.0470. The summed E-state index contributed by atoms with van der Waals surface area (Å²) < 4.78 is 0.